The van der Waals surface area contributed by atoms with E-state index in [9.17, 15) is 4.79 Å². The topological polar surface area (TPSA) is 70.8 Å². The summed E-state index contributed by atoms with van der Waals surface area (Å²) in [6.45, 7) is 6.86. The zero-order valence-corrected chi connectivity index (χ0v) is 21.7. The van der Waals surface area contributed by atoms with Gasteiger partial charge in [0.15, 0.2) is 6.10 Å². The van der Waals surface area contributed by atoms with Crippen molar-refractivity contribution in [3.63, 3.8) is 0 Å². The molecule has 0 saturated heterocycles. The maximum absolute atomic E-state index is 12.1. The number of carbonyl (C=O) groups is 1. The highest BCUT2D eigenvalue weighted by Crippen LogP contribution is 2.34. The summed E-state index contributed by atoms with van der Waals surface area (Å²) in [4.78, 5) is 19.0. The Morgan fingerprint density at radius 3 is 2.44 bits per heavy atom. The molecule has 36 heavy (non-hydrogen) atoms. The van der Waals surface area contributed by atoms with E-state index in [0.717, 1.165) is 27.6 Å². The largest absolute Gasteiger partial charge is 0.493 e. The fourth-order valence-electron chi connectivity index (χ4n) is 3.82. The Labute approximate surface area is 215 Å². The van der Waals surface area contributed by atoms with Gasteiger partial charge in [-0.05, 0) is 56.2 Å². The van der Waals surface area contributed by atoms with Gasteiger partial charge >= 0.3 is 5.97 Å². The molecule has 1 atom stereocenters. The Bertz CT molecular complexity index is 1250. The number of carbonyl (C=O) groups excluding carboxylic acids is 1. The molecule has 0 bridgehead atoms. The van der Waals surface area contributed by atoms with Crippen molar-refractivity contribution in [3.8, 4) is 27.0 Å². The van der Waals surface area contributed by atoms with Gasteiger partial charge in [-0.1, -0.05) is 42.5 Å². The fraction of sp³-hybridized carbons (Fsp3) is 0.310. The molecule has 0 unspecified atom stereocenters. The predicted octanol–water partition coefficient (Wildman–Crippen LogP) is 6.51. The van der Waals surface area contributed by atoms with Crippen molar-refractivity contribution in [1.29, 1.82) is 0 Å². The number of ether oxygens (including phenoxy) is 3. The zero-order valence-electron chi connectivity index (χ0n) is 20.9. The molecule has 0 amide bonds. The second-order valence-corrected chi connectivity index (χ2v) is 9.28. The van der Waals surface area contributed by atoms with Gasteiger partial charge < -0.3 is 18.6 Å². The number of hydrogen-bond donors (Lipinski definition) is 0. The molecular formula is C29H31NO5S. The number of rotatable bonds is 12. The lowest BCUT2D eigenvalue weighted by Crippen LogP contribution is -2.28. The van der Waals surface area contributed by atoms with Gasteiger partial charge in [0.2, 0.25) is 5.89 Å². The molecule has 2 aromatic carbocycles. The van der Waals surface area contributed by atoms with Crippen LogP contribution in [0.2, 0.25) is 0 Å². The third-order valence-corrected chi connectivity index (χ3v) is 6.76. The van der Waals surface area contributed by atoms with Gasteiger partial charge in [0.05, 0.1) is 23.8 Å². The number of thiophene rings is 1. The summed E-state index contributed by atoms with van der Waals surface area (Å²) >= 11 is 1.67. The number of aromatic nitrogens is 1. The molecule has 0 aliphatic heterocycles. The molecule has 4 aromatic rings. The monoisotopic (exact) mass is 505 g/mol. The Morgan fingerprint density at radius 1 is 0.972 bits per heavy atom. The molecule has 0 spiro atoms. The van der Waals surface area contributed by atoms with Gasteiger partial charge in [0.25, 0.3) is 0 Å². The number of aryl methyl sites for hydroxylation is 1. The first-order valence-corrected chi connectivity index (χ1v) is 13.0. The highest BCUT2D eigenvalue weighted by atomic mass is 32.1. The molecule has 2 aromatic heterocycles. The average Bonchev–Trinajstić information content (AvgIpc) is 3.53. The van der Waals surface area contributed by atoms with Gasteiger partial charge in [-0.15, -0.1) is 11.3 Å². The second-order valence-electron chi connectivity index (χ2n) is 8.19. The summed E-state index contributed by atoms with van der Waals surface area (Å²) < 4.78 is 22.5. The summed E-state index contributed by atoms with van der Waals surface area (Å²) in [7, 11) is 0. The summed E-state index contributed by atoms with van der Waals surface area (Å²) in [5, 5.41) is 0. The molecule has 2 heterocycles. The van der Waals surface area contributed by atoms with Crippen molar-refractivity contribution in [2.75, 3.05) is 19.8 Å². The lowest BCUT2D eigenvalue weighted by Gasteiger charge is -2.15. The maximum atomic E-state index is 12.1. The molecule has 0 aliphatic rings. The van der Waals surface area contributed by atoms with Crippen LogP contribution in [0.25, 0.3) is 21.2 Å². The fourth-order valence-corrected chi connectivity index (χ4v) is 4.76. The van der Waals surface area contributed by atoms with Gasteiger partial charge in [-0.25, -0.2) is 9.78 Å². The first-order chi connectivity index (χ1) is 17.6. The Kier molecular flexibility index (Phi) is 8.92. The molecule has 7 heteroatoms. The highest BCUT2D eigenvalue weighted by molar-refractivity contribution is 7.18. The van der Waals surface area contributed by atoms with Crippen LogP contribution in [-0.4, -0.2) is 36.9 Å². The van der Waals surface area contributed by atoms with E-state index in [2.05, 4.69) is 24.3 Å². The van der Waals surface area contributed by atoms with Crippen molar-refractivity contribution in [1.82, 2.24) is 4.98 Å². The van der Waals surface area contributed by atoms with E-state index >= 15 is 0 Å². The Balaban J connectivity index is 1.31. The predicted molar refractivity (Wildman–Crippen MR) is 141 cm³/mol. The normalized spacial score (nSPS) is 11.9. The maximum Gasteiger partial charge on any atom is 0.335 e. The highest BCUT2D eigenvalue weighted by Gasteiger charge is 2.20. The van der Waals surface area contributed by atoms with Crippen LogP contribution in [0.1, 0.15) is 30.9 Å². The number of oxazole rings is 1. The van der Waals surface area contributed by atoms with Crippen LogP contribution in [-0.2, 0) is 27.1 Å². The lowest BCUT2D eigenvalue weighted by molar-refractivity contribution is -0.156. The number of esters is 1. The SMILES string of the molecule is CCOC(=O)[C@@H](Cc1ccc(OCCc2nc(-c3ccc(-c4ccccc4)s3)oc2C)cc1)OCC. The van der Waals surface area contributed by atoms with E-state index in [1.165, 1.54) is 10.4 Å². The van der Waals surface area contributed by atoms with Gasteiger partial charge in [0, 0.05) is 24.3 Å². The van der Waals surface area contributed by atoms with Crippen molar-refractivity contribution in [2.45, 2.75) is 39.7 Å². The van der Waals surface area contributed by atoms with Crippen LogP contribution in [0.5, 0.6) is 5.75 Å². The van der Waals surface area contributed by atoms with Gasteiger partial charge in [0.1, 0.15) is 11.5 Å². The minimum Gasteiger partial charge on any atom is -0.493 e. The van der Waals surface area contributed by atoms with Gasteiger partial charge in [-0.2, -0.15) is 0 Å². The van der Waals surface area contributed by atoms with E-state index < -0.39 is 6.10 Å². The quantitative estimate of drug-likeness (QED) is 0.204. The number of hydrogen-bond acceptors (Lipinski definition) is 7. The van der Waals surface area contributed by atoms with E-state index in [0.29, 0.717) is 38.6 Å². The summed E-state index contributed by atoms with van der Waals surface area (Å²) in [5.41, 5.74) is 3.06. The molecule has 4 rings (SSSR count). The van der Waals surface area contributed by atoms with E-state index in [-0.39, 0.29) is 5.97 Å². The third kappa shape index (κ3) is 6.62. The summed E-state index contributed by atoms with van der Waals surface area (Å²) in [6.07, 6.45) is 0.504. The van der Waals surface area contributed by atoms with Gasteiger partial charge in [-0.3, -0.25) is 0 Å². The van der Waals surface area contributed by atoms with E-state index in [4.69, 9.17) is 23.6 Å². The summed E-state index contributed by atoms with van der Waals surface area (Å²) in [5.74, 6) is 1.87. The molecule has 0 N–H and O–H groups in total. The van der Waals surface area contributed by atoms with Crippen LogP contribution in [0.4, 0.5) is 0 Å². The Hall–Kier alpha value is -3.42. The number of nitrogens with zero attached hydrogens (tertiary/aromatic N) is 1. The van der Waals surface area contributed by atoms with Crippen molar-refractivity contribution >= 4 is 17.3 Å². The molecular weight excluding hydrogens is 474 g/mol. The van der Waals surface area contributed by atoms with Crippen LogP contribution in [0.3, 0.4) is 0 Å². The first kappa shape index (κ1) is 25.7. The molecule has 188 valence electrons. The van der Waals surface area contributed by atoms with Crippen LogP contribution < -0.4 is 4.74 Å². The molecule has 6 nitrogen and oxygen atoms in total. The van der Waals surface area contributed by atoms with Crippen LogP contribution >= 0.6 is 11.3 Å². The smallest absolute Gasteiger partial charge is 0.335 e. The Morgan fingerprint density at radius 2 is 1.72 bits per heavy atom. The molecule has 0 radical (unpaired) electrons. The average molecular weight is 506 g/mol. The molecule has 0 saturated carbocycles. The minimum atomic E-state index is -0.599. The van der Waals surface area contributed by atoms with Crippen molar-refractivity contribution in [3.05, 3.63) is 83.7 Å². The summed E-state index contributed by atoms with van der Waals surface area (Å²) in [6, 6.07) is 22.1. The molecule has 0 aliphatic carbocycles. The first-order valence-electron chi connectivity index (χ1n) is 12.2. The lowest BCUT2D eigenvalue weighted by atomic mass is 10.1. The molecule has 0 fully saturated rings. The van der Waals surface area contributed by atoms with Crippen LogP contribution in [0.15, 0.2) is 71.1 Å². The van der Waals surface area contributed by atoms with Crippen LogP contribution in [0, 0.1) is 6.92 Å². The van der Waals surface area contributed by atoms with Crippen molar-refractivity contribution in [2.24, 2.45) is 0 Å². The van der Waals surface area contributed by atoms with Crippen molar-refractivity contribution < 1.29 is 23.4 Å². The third-order valence-electron chi connectivity index (χ3n) is 5.64. The standard InChI is InChI=1S/C29H31NO5S/c1-4-32-25(29(31)33-5-2)19-21-11-13-23(14-12-21)34-18-17-24-20(3)35-28(30-24)27-16-15-26(36-27)22-9-7-6-8-10-22/h6-16,25H,4-5,17-19H2,1-3H3/t25-/m1/s1. The zero-order chi connectivity index (χ0) is 25.3. The van der Waals surface area contributed by atoms with E-state index in [1.54, 1.807) is 18.3 Å². The van der Waals surface area contributed by atoms with E-state index in [1.807, 2.05) is 56.3 Å². The second kappa shape index (κ2) is 12.5. The number of benzene rings is 2. The minimum absolute atomic E-state index is 0.333.